The fraction of sp³-hybridized carbons (Fsp3) is 1.00. The zero-order chi connectivity index (χ0) is 7.82. The monoisotopic (exact) mass is 196 g/mol. The molecule has 0 aliphatic rings. The van der Waals surface area contributed by atoms with Gasteiger partial charge < -0.3 is 16.4 Å². The van der Waals surface area contributed by atoms with Gasteiger partial charge >= 0.3 is 0 Å². The van der Waals surface area contributed by atoms with Crippen LogP contribution >= 0.6 is 0 Å². The molecule has 0 heterocycles. The van der Waals surface area contributed by atoms with E-state index >= 15 is 0 Å². The van der Waals surface area contributed by atoms with Gasteiger partial charge in [0.25, 0.3) is 0 Å². The van der Waals surface area contributed by atoms with E-state index in [4.69, 9.17) is 0 Å². The van der Waals surface area contributed by atoms with Crippen molar-refractivity contribution in [3.63, 3.8) is 0 Å². The Morgan fingerprint density at radius 1 is 0.769 bits per heavy atom. The van der Waals surface area contributed by atoms with E-state index in [0.29, 0.717) is 0 Å². The SMILES string of the molecule is CCCCC(CC)CCC.O.O.O. The van der Waals surface area contributed by atoms with Crippen LogP contribution in [0.3, 0.4) is 0 Å². The fourth-order valence-corrected chi connectivity index (χ4v) is 1.45. The van der Waals surface area contributed by atoms with Crippen molar-refractivity contribution in [3.8, 4) is 0 Å². The van der Waals surface area contributed by atoms with Crippen molar-refractivity contribution < 1.29 is 16.4 Å². The van der Waals surface area contributed by atoms with E-state index in [2.05, 4.69) is 20.8 Å². The molecule has 0 rings (SSSR count). The molecule has 0 fully saturated rings. The first-order valence-electron chi connectivity index (χ1n) is 4.85. The summed E-state index contributed by atoms with van der Waals surface area (Å²) in [5.41, 5.74) is 0. The highest BCUT2D eigenvalue weighted by Crippen LogP contribution is 2.17. The summed E-state index contributed by atoms with van der Waals surface area (Å²) in [7, 11) is 0. The summed E-state index contributed by atoms with van der Waals surface area (Å²) in [6.45, 7) is 6.88. The molecule has 0 aliphatic heterocycles. The van der Waals surface area contributed by atoms with E-state index in [1.165, 1.54) is 38.5 Å². The smallest absolute Gasteiger partial charge is 0.0417 e. The van der Waals surface area contributed by atoms with Crippen LogP contribution in [0.5, 0.6) is 0 Å². The molecule has 13 heavy (non-hydrogen) atoms. The van der Waals surface area contributed by atoms with Gasteiger partial charge in [-0.05, 0) is 5.92 Å². The Bertz CT molecular complexity index is 67.2. The average Bonchev–Trinajstić information content (AvgIpc) is 1.98. The Hall–Kier alpha value is -0.120. The standard InChI is InChI=1S/C10H22.3H2O/c1-4-7-9-10(6-3)8-5-2;;;/h10H,4-9H2,1-3H3;3*1H2. The van der Waals surface area contributed by atoms with Gasteiger partial charge in [0.1, 0.15) is 0 Å². The molecule has 6 N–H and O–H groups in total. The van der Waals surface area contributed by atoms with Crippen LogP contribution in [0, 0.1) is 5.92 Å². The molecule has 0 saturated carbocycles. The van der Waals surface area contributed by atoms with Gasteiger partial charge in [0.05, 0.1) is 0 Å². The summed E-state index contributed by atoms with van der Waals surface area (Å²) in [6, 6.07) is 0. The van der Waals surface area contributed by atoms with E-state index in [9.17, 15) is 0 Å². The minimum absolute atomic E-state index is 0. The number of hydrogen-bond donors (Lipinski definition) is 0. The van der Waals surface area contributed by atoms with Gasteiger partial charge in [0.2, 0.25) is 0 Å². The second-order valence-corrected chi connectivity index (χ2v) is 3.21. The third-order valence-electron chi connectivity index (χ3n) is 2.24. The Kier molecular flexibility index (Phi) is 31.6. The molecule has 3 heteroatoms. The molecule has 0 amide bonds. The summed E-state index contributed by atoms with van der Waals surface area (Å²) >= 11 is 0. The van der Waals surface area contributed by atoms with Gasteiger partial charge in [-0.3, -0.25) is 0 Å². The quantitative estimate of drug-likeness (QED) is 0.616. The average molecular weight is 196 g/mol. The van der Waals surface area contributed by atoms with Crippen LogP contribution in [-0.2, 0) is 0 Å². The predicted octanol–water partition coefficient (Wildman–Crippen LogP) is 1.53. The first-order chi connectivity index (χ1) is 4.85. The third-order valence-corrected chi connectivity index (χ3v) is 2.24. The molecule has 86 valence electrons. The first kappa shape index (κ1) is 23.1. The molecule has 0 saturated heterocycles. The van der Waals surface area contributed by atoms with Crippen LogP contribution in [-0.4, -0.2) is 16.4 Å². The lowest BCUT2D eigenvalue weighted by Crippen LogP contribution is -1.97. The van der Waals surface area contributed by atoms with Crippen LogP contribution in [0.2, 0.25) is 0 Å². The number of unbranched alkanes of at least 4 members (excludes halogenated alkanes) is 1. The fourth-order valence-electron chi connectivity index (χ4n) is 1.45. The van der Waals surface area contributed by atoms with Gasteiger partial charge in [-0.15, -0.1) is 0 Å². The van der Waals surface area contributed by atoms with E-state index in [1.54, 1.807) is 0 Å². The Morgan fingerprint density at radius 2 is 1.31 bits per heavy atom. The molecule has 0 bridgehead atoms. The summed E-state index contributed by atoms with van der Waals surface area (Å²) in [5, 5.41) is 0. The molecular weight excluding hydrogens is 168 g/mol. The maximum absolute atomic E-state index is 2.32. The summed E-state index contributed by atoms with van der Waals surface area (Å²) in [5.74, 6) is 1.02. The molecule has 1 atom stereocenters. The topological polar surface area (TPSA) is 94.5 Å². The number of rotatable bonds is 6. The van der Waals surface area contributed by atoms with Gasteiger partial charge in [0.15, 0.2) is 0 Å². The maximum atomic E-state index is 2.32. The van der Waals surface area contributed by atoms with Gasteiger partial charge in [0, 0.05) is 0 Å². The second-order valence-electron chi connectivity index (χ2n) is 3.21. The van der Waals surface area contributed by atoms with Crippen molar-refractivity contribution in [1.82, 2.24) is 0 Å². The lowest BCUT2D eigenvalue weighted by atomic mass is 9.95. The first-order valence-corrected chi connectivity index (χ1v) is 4.85. The molecule has 0 spiro atoms. The molecule has 0 radical (unpaired) electrons. The summed E-state index contributed by atoms with van der Waals surface area (Å²) in [6.07, 6.45) is 8.44. The van der Waals surface area contributed by atoms with Crippen molar-refractivity contribution in [3.05, 3.63) is 0 Å². The molecule has 3 nitrogen and oxygen atoms in total. The second kappa shape index (κ2) is 17.8. The van der Waals surface area contributed by atoms with Gasteiger partial charge in [-0.25, -0.2) is 0 Å². The lowest BCUT2D eigenvalue weighted by Gasteiger charge is -2.11. The van der Waals surface area contributed by atoms with Gasteiger partial charge in [-0.2, -0.15) is 0 Å². The van der Waals surface area contributed by atoms with E-state index in [0.717, 1.165) is 5.92 Å². The van der Waals surface area contributed by atoms with Crippen molar-refractivity contribution >= 4 is 0 Å². The Labute approximate surface area is 82.5 Å². The maximum Gasteiger partial charge on any atom is -0.0417 e. The molecule has 0 aliphatic carbocycles. The Balaban J connectivity index is -0.000000135. The van der Waals surface area contributed by atoms with E-state index in [1.807, 2.05) is 0 Å². The largest absolute Gasteiger partial charge is 0.412 e. The normalized spacial score (nSPS) is 10.4. The molecule has 0 aromatic heterocycles. The van der Waals surface area contributed by atoms with Crippen molar-refractivity contribution in [2.24, 2.45) is 5.92 Å². The zero-order valence-electron chi connectivity index (χ0n) is 9.32. The molecule has 1 unspecified atom stereocenters. The van der Waals surface area contributed by atoms with E-state index < -0.39 is 0 Å². The summed E-state index contributed by atoms with van der Waals surface area (Å²) in [4.78, 5) is 0. The van der Waals surface area contributed by atoms with Crippen LogP contribution in [0.25, 0.3) is 0 Å². The highest BCUT2D eigenvalue weighted by molar-refractivity contribution is 4.55. The molecular formula is C10H28O3. The Morgan fingerprint density at radius 3 is 1.62 bits per heavy atom. The van der Waals surface area contributed by atoms with Crippen molar-refractivity contribution in [1.29, 1.82) is 0 Å². The number of hydrogen-bond acceptors (Lipinski definition) is 0. The van der Waals surface area contributed by atoms with Crippen LogP contribution in [0.4, 0.5) is 0 Å². The van der Waals surface area contributed by atoms with Crippen molar-refractivity contribution in [2.75, 3.05) is 0 Å². The van der Waals surface area contributed by atoms with Crippen molar-refractivity contribution in [2.45, 2.75) is 59.3 Å². The van der Waals surface area contributed by atoms with Gasteiger partial charge in [-0.1, -0.05) is 59.3 Å². The lowest BCUT2D eigenvalue weighted by molar-refractivity contribution is 0.417. The minimum Gasteiger partial charge on any atom is -0.412 e. The van der Waals surface area contributed by atoms with Crippen LogP contribution in [0.15, 0.2) is 0 Å². The molecule has 0 aromatic rings. The summed E-state index contributed by atoms with van der Waals surface area (Å²) < 4.78 is 0. The van der Waals surface area contributed by atoms with Crippen LogP contribution < -0.4 is 0 Å². The third kappa shape index (κ3) is 14.7. The van der Waals surface area contributed by atoms with E-state index in [-0.39, 0.29) is 16.4 Å². The zero-order valence-corrected chi connectivity index (χ0v) is 9.32. The minimum atomic E-state index is 0. The highest BCUT2D eigenvalue weighted by Gasteiger charge is 2.02. The molecule has 0 aromatic carbocycles. The highest BCUT2D eigenvalue weighted by atomic mass is 16.0. The van der Waals surface area contributed by atoms with Crippen LogP contribution in [0.1, 0.15) is 59.3 Å². The predicted molar refractivity (Wildman–Crippen MR) is 59.1 cm³/mol.